The molecule has 1 amide bonds. The van der Waals surface area contributed by atoms with Crippen molar-refractivity contribution < 1.29 is 13.6 Å². The normalized spacial score (nSPS) is 15.2. The quantitative estimate of drug-likeness (QED) is 0.203. The van der Waals surface area contributed by atoms with Gasteiger partial charge in [0.2, 0.25) is 0 Å². The molecule has 1 aliphatic rings. The molecule has 0 bridgehead atoms. The Morgan fingerprint density at radius 1 is 1.31 bits per heavy atom. The number of hydrazone groups is 1. The van der Waals surface area contributed by atoms with Gasteiger partial charge < -0.3 is 9.32 Å². The van der Waals surface area contributed by atoms with E-state index in [1.165, 1.54) is 6.21 Å². The molecule has 5 nitrogen and oxygen atoms in total. The number of nitrogens with one attached hydrogen (secondary N) is 1. The molecule has 2 heterocycles. The van der Waals surface area contributed by atoms with Crippen LogP contribution in [0.4, 0.5) is 10.1 Å². The highest BCUT2D eigenvalue weighted by molar-refractivity contribution is 14.1. The lowest BCUT2D eigenvalue weighted by Crippen LogP contribution is -2.45. The Morgan fingerprint density at radius 3 is 2.78 bits per heavy atom. The molecule has 0 saturated carbocycles. The lowest BCUT2D eigenvalue weighted by atomic mass is 9.88. The minimum Gasteiger partial charge on any atom is -0.450 e. The fourth-order valence-electron chi connectivity index (χ4n) is 4.19. The van der Waals surface area contributed by atoms with E-state index in [2.05, 4.69) is 80.8 Å². The Hall–Kier alpha value is -2.20. The number of carbonyl (C=O) groups excluding carboxylic acids is 1. The summed E-state index contributed by atoms with van der Waals surface area (Å²) in [6.45, 7) is 9.07. The van der Waals surface area contributed by atoms with Crippen molar-refractivity contribution in [3.8, 4) is 0 Å². The van der Waals surface area contributed by atoms with Crippen LogP contribution < -0.4 is 10.3 Å². The van der Waals surface area contributed by atoms with Gasteiger partial charge in [-0.05, 0) is 86.2 Å². The number of likely N-dealkylation sites (N-methyl/N-ethyl adjacent to an activating group) is 1. The lowest BCUT2D eigenvalue weighted by Gasteiger charge is -2.42. The third kappa shape index (κ3) is 4.22. The summed E-state index contributed by atoms with van der Waals surface area (Å²) in [7, 11) is 0. The molecule has 4 rings (SSSR count). The topological polar surface area (TPSA) is 57.8 Å². The maximum absolute atomic E-state index is 14.9. The number of halogens is 3. The van der Waals surface area contributed by atoms with Crippen LogP contribution in [-0.2, 0) is 0 Å². The first kappa shape index (κ1) is 23.0. The minimum absolute atomic E-state index is 0.138. The second-order valence-electron chi connectivity index (χ2n) is 8.23. The van der Waals surface area contributed by atoms with Crippen LogP contribution in [0, 0.1) is 9.39 Å². The van der Waals surface area contributed by atoms with Gasteiger partial charge in [0.05, 0.1) is 15.3 Å². The number of hydrogen-bond acceptors (Lipinski definition) is 4. The van der Waals surface area contributed by atoms with Crippen LogP contribution >= 0.6 is 38.5 Å². The van der Waals surface area contributed by atoms with Crippen molar-refractivity contribution >= 4 is 72.9 Å². The van der Waals surface area contributed by atoms with Crippen LogP contribution in [0.1, 0.15) is 49.4 Å². The zero-order valence-electron chi connectivity index (χ0n) is 18.1. The Morgan fingerprint density at radius 2 is 2.06 bits per heavy atom. The average molecular weight is 610 g/mol. The number of carbonyl (C=O) groups is 1. The largest absolute Gasteiger partial charge is 0.450 e. The predicted molar refractivity (Wildman–Crippen MR) is 139 cm³/mol. The molecule has 0 saturated heterocycles. The van der Waals surface area contributed by atoms with Gasteiger partial charge in [-0.25, -0.2) is 9.82 Å². The zero-order valence-corrected chi connectivity index (χ0v) is 21.8. The summed E-state index contributed by atoms with van der Waals surface area (Å²) in [4.78, 5) is 14.7. The monoisotopic (exact) mass is 609 g/mol. The lowest BCUT2D eigenvalue weighted by molar-refractivity contribution is 0.0929. The molecule has 8 heteroatoms. The standard InChI is InChI=1S/C24H22BrFIN3O2/c1-5-30-20-10-18(26)15(7-17(20)13(2)11-24(30,3)4)12-28-29-23(31)21-8-14-6-16(25)9-19(27)22(14)32-21/h6-12H,5H2,1-4H3,(H,29,31)/b28-12-. The van der Waals surface area contributed by atoms with Crippen molar-refractivity contribution in [1.82, 2.24) is 5.43 Å². The highest BCUT2D eigenvalue weighted by atomic mass is 127. The Balaban J connectivity index is 1.57. The van der Waals surface area contributed by atoms with Crippen molar-refractivity contribution in [2.45, 2.75) is 33.2 Å². The smallest absolute Gasteiger partial charge is 0.307 e. The van der Waals surface area contributed by atoms with Crippen LogP contribution in [0.15, 0.2) is 50.4 Å². The number of allylic oxidation sites excluding steroid dienone is 1. The van der Waals surface area contributed by atoms with Gasteiger partial charge in [-0.2, -0.15) is 5.10 Å². The summed E-state index contributed by atoms with van der Waals surface area (Å²) in [5.74, 6) is -0.759. The summed E-state index contributed by atoms with van der Waals surface area (Å²) in [5, 5.41) is 4.77. The zero-order chi connectivity index (χ0) is 23.2. The molecule has 3 aromatic rings. The molecule has 1 aliphatic heterocycles. The third-order valence-corrected chi connectivity index (χ3v) is 6.80. The molecule has 0 unspecified atom stereocenters. The van der Waals surface area contributed by atoms with E-state index in [1.807, 2.05) is 19.1 Å². The van der Waals surface area contributed by atoms with Gasteiger partial charge in [-0.1, -0.05) is 22.0 Å². The molecule has 1 aromatic heterocycles. The second kappa shape index (κ2) is 8.62. The maximum atomic E-state index is 14.9. The number of nitrogens with zero attached hydrogens (tertiary/aromatic N) is 2. The minimum atomic E-state index is -0.502. The van der Waals surface area contributed by atoms with E-state index >= 15 is 0 Å². The number of furan rings is 1. The van der Waals surface area contributed by atoms with Crippen molar-refractivity contribution in [1.29, 1.82) is 0 Å². The van der Waals surface area contributed by atoms with Crippen molar-refractivity contribution in [2.75, 3.05) is 11.4 Å². The molecule has 0 fully saturated rings. The Bertz CT molecular complexity index is 1300. The van der Waals surface area contributed by atoms with Crippen molar-refractivity contribution in [3.05, 3.63) is 67.2 Å². The van der Waals surface area contributed by atoms with Crippen molar-refractivity contribution in [2.24, 2.45) is 5.10 Å². The Labute approximate surface area is 208 Å². The number of fused-ring (bicyclic) bond motifs is 2. The van der Waals surface area contributed by atoms with Crippen LogP contribution in [-0.4, -0.2) is 24.2 Å². The van der Waals surface area contributed by atoms with E-state index < -0.39 is 11.7 Å². The SMILES string of the molecule is CCN1c2cc(F)c(/C=N\NC(=O)c3cc4cc(Br)cc(I)c4o3)cc2C(C)=CC1(C)C. The van der Waals surface area contributed by atoms with Crippen LogP contribution in [0.25, 0.3) is 16.5 Å². The van der Waals surface area contributed by atoms with Gasteiger partial charge in [0, 0.05) is 33.2 Å². The molecular weight excluding hydrogens is 588 g/mol. The summed E-state index contributed by atoms with van der Waals surface area (Å²) < 4.78 is 22.3. The van der Waals surface area contributed by atoms with E-state index in [9.17, 15) is 9.18 Å². The summed E-state index contributed by atoms with van der Waals surface area (Å²) >= 11 is 5.59. The van der Waals surface area contributed by atoms with Gasteiger partial charge in [0.1, 0.15) is 11.4 Å². The molecular formula is C24H22BrFIN3O2. The molecule has 0 atom stereocenters. The van der Waals surface area contributed by atoms with E-state index in [0.717, 1.165) is 36.8 Å². The molecule has 0 aliphatic carbocycles. The van der Waals surface area contributed by atoms with Crippen LogP contribution in [0.2, 0.25) is 0 Å². The summed E-state index contributed by atoms with van der Waals surface area (Å²) in [5.41, 5.74) is 6.06. The summed E-state index contributed by atoms with van der Waals surface area (Å²) in [6, 6.07) is 8.74. The highest BCUT2D eigenvalue weighted by Crippen LogP contribution is 2.39. The number of benzene rings is 2. The fourth-order valence-corrected chi connectivity index (χ4v) is 5.86. The fraction of sp³-hybridized carbons (Fsp3) is 0.250. The van der Waals surface area contributed by atoms with E-state index in [-0.39, 0.29) is 11.3 Å². The van der Waals surface area contributed by atoms with Crippen LogP contribution in [0.5, 0.6) is 0 Å². The van der Waals surface area contributed by atoms with Gasteiger partial charge in [0.15, 0.2) is 5.76 Å². The molecule has 0 spiro atoms. The highest BCUT2D eigenvalue weighted by Gasteiger charge is 2.31. The van der Waals surface area contributed by atoms with E-state index in [1.54, 1.807) is 18.2 Å². The first-order valence-electron chi connectivity index (χ1n) is 10.1. The number of amides is 1. The van der Waals surface area contributed by atoms with Crippen molar-refractivity contribution in [3.63, 3.8) is 0 Å². The van der Waals surface area contributed by atoms with Gasteiger partial charge in [-0.15, -0.1) is 0 Å². The Kier molecular flexibility index (Phi) is 6.19. The molecule has 2 aromatic carbocycles. The molecule has 166 valence electrons. The summed E-state index contributed by atoms with van der Waals surface area (Å²) in [6.07, 6.45) is 3.50. The first-order chi connectivity index (χ1) is 15.1. The van der Waals surface area contributed by atoms with E-state index in [0.29, 0.717) is 11.1 Å². The van der Waals surface area contributed by atoms with Gasteiger partial charge in [0.25, 0.3) is 0 Å². The van der Waals surface area contributed by atoms with Gasteiger partial charge in [-0.3, -0.25) is 4.79 Å². The number of hydrogen-bond donors (Lipinski definition) is 1. The molecule has 0 radical (unpaired) electrons. The predicted octanol–water partition coefficient (Wildman–Crippen LogP) is 6.72. The number of rotatable bonds is 4. The maximum Gasteiger partial charge on any atom is 0.307 e. The van der Waals surface area contributed by atoms with E-state index in [4.69, 9.17) is 4.42 Å². The second-order valence-corrected chi connectivity index (χ2v) is 10.3. The molecule has 1 N–H and O–H groups in total. The number of anilines is 1. The molecule has 32 heavy (non-hydrogen) atoms. The average Bonchev–Trinajstić information content (AvgIpc) is 3.13. The first-order valence-corrected chi connectivity index (χ1v) is 12.0. The third-order valence-electron chi connectivity index (χ3n) is 5.54. The van der Waals surface area contributed by atoms with Gasteiger partial charge >= 0.3 is 5.91 Å². The van der Waals surface area contributed by atoms with Crippen LogP contribution in [0.3, 0.4) is 0 Å².